The summed E-state index contributed by atoms with van der Waals surface area (Å²) < 4.78 is 0. The van der Waals surface area contributed by atoms with E-state index in [1.807, 2.05) is 0 Å². The molecule has 0 spiro atoms. The third kappa shape index (κ3) is 3.16. The lowest BCUT2D eigenvalue weighted by Crippen LogP contribution is -2.27. The van der Waals surface area contributed by atoms with Crippen molar-refractivity contribution in [2.24, 2.45) is 11.8 Å². The average Bonchev–Trinajstić information content (AvgIpc) is 3.11. The summed E-state index contributed by atoms with van der Waals surface area (Å²) in [5.41, 5.74) is 1.18. The third-order valence-corrected chi connectivity index (χ3v) is 4.96. The molecule has 0 saturated carbocycles. The summed E-state index contributed by atoms with van der Waals surface area (Å²) in [6, 6.07) is 6.87. The largest absolute Gasteiger partial charge is 0.312 e. The van der Waals surface area contributed by atoms with Gasteiger partial charge in [-0.15, -0.1) is 0 Å². The Bertz CT molecular complexity index is 679. The first-order valence-corrected chi connectivity index (χ1v) is 8.22. The van der Waals surface area contributed by atoms with E-state index >= 15 is 0 Å². The minimum atomic E-state index is -0.528. The number of rotatable bonds is 4. The Morgan fingerprint density at radius 2 is 1.29 bits per heavy atom. The van der Waals surface area contributed by atoms with E-state index in [9.17, 15) is 19.2 Å². The van der Waals surface area contributed by atoms with Crippen molar-refractivity contribution >= 4 is 56.9 Å². The minimum absolute atomic E-state index is 0.0814. The number of carbonyl (C=O) groups is 4. The van der Waals surface area contributed by atoms with Crippen LogP contribution < -0.4 is 9.80 Å². The fourth-order valence-corrected chi connectivity index (χ4v) is 3.34. The highest BCUT2D eigenvalue weighted by Gasteiger charge is 2.36. The van der Waals surface area contributed by atoms with Gasteiger partial charge in [0, 0.05) is 37.3 Å². The van der Waals surface area contributed by atoms with Gasteiger partial charge in [-0.2, -0.15) is 0 Å². The van der Waals surface area contributed by atoms with Crippen molar-refractivity contribution in [3.63, 3.8) is 0 Å². The van der Waals surface area contributed by atoms with Gasteiger partial charge in [-0.05, 0) is 41.4 Å². The highest BCUT2D eigenvalue weighted by atomic mass is 35.5. The molecule has 1 aromatic rings. The molecule has 0 N–H and O–H groups in total. The molecule has 2 heterocycles. The molecule has 2 unspecified atom stereocenters. The standard InChI is InChI=1S/C16H14Cl2N2O4/c17-15(23)9-4-13(21)19(7-9)11-2-1-3-12(6-11)20-8-10(16(18)24)5-14(20)22/h1-3,6,9-10H,4-5,7-8H2. The molecule has 8 heteroatoms. The maximum Gasteiger partial charge on any atom is 0.227 e. The second-order valence-corrected chi connectivity index (χ2v) is 6.68. The van der Waals surface area contributed by atoms with Crippen molar-refractivity contribution in [2.45, 2.75) is 12.8 Å². The number of hydrogen-bond donors (Lipinski definition) is 0. The zero-order valence-corrected chi connectivity index (χ0v) is 14.1. The summed E-state index contributed by atoms with van der Waals surface area (Å²) in [4.78, 5) is 49.7. The molecule has 24 heavy (non-hydrogen) atoms. The number of hydrogen-bond acceptors (Lipinski definition) is 4. The zero-order valence-electron chi connectivity index (χ0n) is 12.6. The molecule has 2 fully saturated rings. The maximum atomic E-state index is 12.1. The van der Waals surface area contributed by atoms with E-state index < -0.39 is 22.3 Å². The smallest absolute Gasteiger partial charge is 0.227 e. The van der Waals surface area contributed by atoms with Crippen LogP contribution in [-0.2, 0) is 19.2 Å². The van der Waals surface area contributed by atoms with Crippen molar-refractivity contribution in [1.29, 1.82) is 0 Å². The minimum Gasteiger partial charge on any atom is -0.312 e. The van der Waals surface area contributed by atoms with Gasteiger partial charge < -0.3 is 9.80 Å². The number of carbonyl (C=O) groups excluding carboxylic acids is 4. The molecule has 0 aliphatic carbocycles. The van der Waals surface area contributed by atoms with Crippen LogP contribution in [0.1, 0.15) is 12.8 Å². The Morgan fingerprint density at radius 1 is 0.875 bits per heavy atom. The molecule has 2 atom stereocenters. The molecular formula is C16H14Cl2N2O4. The third-order valence-electron chi connectivity index (χ3n) is 4.35. The zero-order chi connectivity index (χ0) is 17.4. The van der Waals surface area contributed by atoms with Crippen molar-refractivity contribution in [1.82, 2.24) is 0 Å². The van der Waals surface area contributed by atoms with Gasteiger partial charge in [0.15, 0.2) is 0 Å². The molecule has 0 radical (unpaired) electrons. The van der Waals surface area contributed by atoms with E-state index in [0.717, 1.165) is 0 Å². The number of halogens is 2. The SMILES string of the molecule is O=C(Cl)C1CC(=O)N(c2cccc(N3CC(C(=O)Cl)CC3=O)c2)C1. The van der Waals surface area contributed by atoms with E-state index in [-0.39, 0.29) is 37.7 Å². The lowest BCUT2D eigenvalue weighted by molar-refractivity contribution is -0.120. The van der Waals surface area contributed by atoms with Crippen molar-refractivity contribution in [3.05, 3.63) is 24.3 Å². The number of amides is 2. The molecular weight excluding hydrogens is 355 g/mol. The van der Waals surface area contributed by atoms with Gasteiger partial charge in [0.2, 0.25) is 22.3 Å². The molecule has 2 amide bonds. The predicted octanol–water partition coefficient (Wildman–Crippen LogP) is 1.92. The monoisotopic (exact) mass is 368 g/mol. The Balaban J connectivity index is 1.83. The van der Waals surface area contributed by atoms with Gasteiger partial charge in [0.05, 0.1) is 11.8 Å². The Labute approximate surface area is 148 Å². The molecule has 2 aliphatic rings. The summed E-state index contributed by atoms with van der Waals surface area (Å²) in [6.45, 7) is 0.447. The number of benzene rings is 1. The van der Waals surface area contributed by atoms with Crippen LogP contribution in [0, 0.1) is 11.8 Å². The molecule has 3 rings (SSSR count). The quantitative estimate of drug-likeness (QED) is 0.760. The van der Waals surface area contributed by atoms with Crippen LogP contribution in [-0.4, -0.2) is 35.4 Å². The number of nitrogens with zero attached hydrogens (tertiary/aromatic N) is 2. The summed E-state index contributed by atoms with van der Waals surface area (Å²) in [5, 5.41) is -1.06. The predicted molar refractivity (Wildman–Crippen MR) is 89.1 cm³/mol. The van der Waals surface area contributed by atoms with Crippen LogP contribution >= 0.6 is 23.2 Å². The van der Waals surface area contributed by atoms with Crippen molar-refractivity contribution < 1.29 is 19.2 Å². The van der Waals surface area contributed by atoms with Crippen molar-refractivity contribution in [2.75, 3.05) is 22.9 Å². The number of anilines is 2. The topological polar surface area (TPSA) is 74.8 Å². The molecule has 0 bridgehead atoms. The van der Waals surface area contributed by atoms with Gasteiger partial charge in [0.25, 0.3) is 0 Å². The lowest BCUT2D eigenvalue weighted by atomic mass is 10.1. The first-order valence-electron chi connectivity index (χ1n) is 7.46. The van der Waals surface area contributed by atoms with Gasteiger partial charge in [-0.25, -0.2) is 0 Å². The molecule has 2 aliphatic heterocycles. The highest BCUT2D eigenvalue weighted by molar-refractivity contribution is 6.64. The fourth-order valence-electron chi connectivity index (χ4n) is 3.05. The van der Waals surface area contributed by atoms with Gasteiger partial charge in [-0.1, -0.05) is 6.07 Å². The van der Waals surface area contributed by atoms with Gasteiger partial charge in [-0.3, -0.25) is 19.2 Å². The Hall–Kier alpha value is -1.92. The first kappa shape index (κ1) is 16.9. The normalized spacial score (nSPS) is 23.9. The fraction of sp³-hybridized carbons (Fsp3) is 0.375. The first-order chi connectivity index (χ1) is 11.4. The molecule has 126 valence electrons. The van der Waals surface area contributed by atoms with E-state index in [1.165, 1.54) is 9.80 Å². The Kier molecular flexibility index (Phi) is 4.60. The van der Waals surface area contributed by atoms with Crippen molar-refractivity contribution in [3.8, 4) is 0 Å². The summed E-state index contributed by atoms with van der Waals surface area (Å²) >= 11 is 11.0. The maximum absolute atomic E-state index is 12.1. The Morgan fingerprint density at radius 3 is 1.62 bits per heavy atom. The van der Waals surface area contributed by atoms with Gasteiger partial charge in [0.1, 0.15) is 0 Å². The van der Waals surface area contributed by atoms with E-state index in [2.05, 4.69) is 0 Å². The summed E-state index contributed by atoms with van der Waals surface area (Å²) in [5.74, 6) is -1.41. The average molecular weight is 369 g/mol. The highest BCUT2D eigenvalue weighted by Crippen LogP contribution is 2.32. The van der Waals surface area contributed by atoms with Crippen LogP contribution in [0.15, 0.2) is 24.3 Å². The molecule has 2 saturated heterocycles. The molecule has 1 aromatic carbocycles. The van der Waals surface area contributed by atoms with Crippen LogP contribution in [0.4, 0.5) is 11.4 Å². The van der Waals surface area contributed by atoms with Crippen LogP contribution in [0.2, 0.25) is 0 Å². The lowest BCUT2D eigenvalue weighted by Gasteiger charge is -2.21. The molecule has 0 aromatic heterocycles. The van der Waals surface area contributed by atoms with Gasteiger partial charge >= 0.3 is 0 Å². The van der Waals surface area contributed by atoms with E-state index in [0.29, 0.717) is 11.4 Å². The molecule has 6 nitrogen and oxygen atoms in total. The summed E-state index contributed by atoms with van der Waals surface area (Å²) in [6.07, 6.45) is 0.163. The van der Waals surface area contributed by atoms with Crippen LogP contribution in [0.3, 0.4) is 0 Å². The summed E-state index contributed by atoms with van der Waals surface area (Å²) in [7, 11) is 0. The second kappa shape index (κ2) is 6.53. The van der Waals surface area contributed by atoms with E-state index in [4.69, 9.17) is 23.2 Å². The van der Waals surface area contributed by atoms with Crippen LogP contribution in [0.5, 0.6) is 0 Å². The van der Waals surface area contributed by atoms with E-state index in [1.54, 1.807) is 24.3 Å². The van der Waals surface area contributed by atoms with Crippen LogP contribution in [0.25, 0.3) is 0 Å². The second-order valence-electron chi connectivity index (χ2n) is 5.94.